The Balaban J connectivity index is 1.35. The number of amides is 1. The molecule has 5 nitrogen and oxygen atoms in total. The molecule has 1 aromatic rings. The molecule has 6 heteroatoms. The van der Waals surface area contributed by atoms with Crippen LogP contribution in [0.1, 0.15) is 48.9 Å². The Morgan fingerprint density at radius 3 is 2.93 bits per heavy atom. The summed E-state index contributed by atoms with van der Waals surface area (Å²) >= 11 is 5.77. The molecule has 1 aromatic carbocycles. The van der Waals surface area contributed by atoms with Crippen LogP contribution in [0.4, 0.5) is 0 Å². The second-order valence-corrected chi connectivity index (χ2v) is 9.55. The van der Waals surface area contributed by atoms with Gasteiger partial charge in [-0.05, 0) is 74.8 Å². The molecule has 4 atom stereocenters. The van der Waals surface area contributed by atoms with Crippen LogP contribution < -0.4 is 10.1 Å². The van der Waals surface area contributed by atoms with Crippen molar-refractivity contribution >= 4 is 23.2 Å². The highest BCUT2D eigenvalue weighted by Crippen LogP contribution is 2.45. The average molecular weight is 426 g/mol. The van der Waals surface area contributed by atoms with Gasteiger partial charge in [-0.25, -0.2) is 0 Å². The number of methoxy groups -OCH3 is 1. The van der Waals surface area contributed by atoms with Gasteiger partial charge in [-0.3, -0.25) is 15.0 Å². The maximum absolute atomic E-state index is 12.9. The van der Waals surface area contributed by atoms with Crippen LogP contribution in [0, 0.1) is 11.8 Å². The maximum Gasteiger partial charge on any atom is 0.261 e. The van der Waals surface area contributed by atoms with Crippen molar-refractivity contribution in [3.8, 4) is 5.75 Å². The summed E-state index contributed by atoms with van der Waals surface area (Å²) in [6, 6.07) is 8.38. The number of thiocarbonyl (C=S) groups is 1. The third-order valence-electron chi connectivity index (χ3n) is 7.49. The Morgan fingerprint density at radius 1 is 1.20 bits per heavy atom. The van der Waals surface area contributed by atoms with Gasteiger partial charge in [0.05, 0.1) is 18.7 Å². The zero-order valence-electron chi connectivity index (χ0n) is 17.7. The number of hydrogen-bond acceptors (Lipinski definition) is 4. The van der Waals surface area contributed by atoms with Crippen molar-refractivity contribution in [3.05, 3.63) is 41.5 Å². The summed E-state index contributed by atoms with van der Waals surface area (Å²) in [5, 5.41) is 3.56. The first-order valence-corrected chi connectivity index (χ1v) is 11.8. The normalized spacial score (nSPS) is 30.6. The number of nitrogens with zero attached hydrogens (tertiary/aromatic N) is 2. The third-order valence-corrected chi connectivity index (χ3v) is 7.83. The van der Waals surface area contributed by atoms with Crippen molar-refractivity contribution in [2.45, 2.75) is 50.6 Å². The van der Waals surface area contributed by atoms with Gasteiger partial charge in [0.15, 0.2) is 5.11 Å². The highest BCUT2D eigenvalue weighted by Gasteiger charge is 2.46. The molecule has 5 rings (SSSR count). The molecular formula is C24H31N3O2S. The predicted molar refractivity (Wildman–Crippen MR) is 122 cm³/mol. The minimum absolute atomic E-state index is 0.193. The van der Waals surface area contributed by atoms with Gasteiger partial charge < -0.3 is 9.64 Å². The number of piperidine rings is 3. The van der Waals surface area contributed by atoms with Gasteiger partial charge in [0.2, 0.25) is 0 Å². The molecule has 0 radical (unpaired) electrons. The van der Waals surface area contributed by atoms with Gasteiger partial charge in [-0.1, -0.05) is 30.2 Å². The summed E-state index contributed by atoms with van der Waals surface area (Å²) in [6.45, 7) is 3.32. The molecule has 0 spiro atoms. The quantitative estimate of drug-likeness (QED) is 0.579. The highest BCUT2D eigenvalue weighted by molar-refractivity contribution is 7.80. The van der Waals surface area contributed by atoms with Gasteiger partial charge in [0.25, 0.3) is 5.91 Å². The van der Waals surface area contributed by atoms with E-state index in [-0.39, 0.29) is 5.91 Å². The summed E-state index contributed by atoms with van der Waals surface area (Å²) < 4.78 is 5.35. The Hall–Kier alpha value is -1.92. The maximum atomic E-state index is 12.9. The van der Waals surface area contributed by atoms with Crippen LogP contribution in [-0.2, 0) is 0 Å². The molecule has 3 saturated heterocycles. The molecule has 1 aliphatic carbocycles. The lowest BCUT2D eigenvalue weighted by Crippen LogP contribution is -2.61. The Kier molecular flexibility index (Phi) is 5.54. The predicted octanol–water partition coefficient (Wildman–Crippen LogP) is 3.60. The molecule has 0 aromatic heterocycles. The fourth-order valence-electron chi connectivity index (χ4n) is 6.27. The van der Waals surface area contributed by atoms with Crippen LogP contribution in [-0.4, -0.2) is 59.6 Å². The number of para-hydroxylation sites is 1. The lowest BCUT2D eigenvalue weighted by molar-refractivity contribution is 0.0127. The Labute approximate surface area is 184 Å². The molecule has 3 aliphatic heterocycles. The van der Waals surface area contributed by atoms with Crippen LogP contribution >= 0.6 is 12.2 Å². The molecule has 1 N–H and O–H groups in total. The number of rotatable bonds is 2. The van der Waals surface area contributed by atoms with Gasteiger partial charge >= 0.3 is 0 Å². The largest absolute Gasteiger partial charge is 0.496 e. The third kappa shape index (κ3) is 3.54. The Bertz CT molecular complexity index is 870. The van der Waals surface area contributed by atoms with E-state index < -0.39 is 0 Å². The zero-order valence-corrected chi connectivity index (χ0v) is 18.5. The van der Waals surface area contributed by atoms with Gasteiger partial charge in [-0.15, -0.1) is 0 Å². The van der Waals surface area contributed by atoms with E-state index >= 15 is 0 Å². The second-order valence-electron chi connectivity index (χ2n) is 9.16. The van der Waals surface area contributed by atoms with Crippen LogP contribution in [0.3, 0.4) is 0 Å². The summed E-state index contributed by atoms with van der Waals surface area (Å²) in [5.74, 6) is 1.68. The van der Waals surface area contributed by atoms with E-state index in [0.717, 1.165) is 19.0 Å². The van der Waals surface area contributed by atoms with E-state index in [9.17, 15) is 4.79 Å². The van der Waals surface area contributed by atoms with Crippen molar-refractivity contribution in [1.82, 2.24) is 15.1 Å². The molecule has 160 valence electrons. The second kappa shape index (κ2) is 8.31. The summed E-state index contributed by atoms with van der Waals surface area (Å²) in [7, 11) is 1.58. The molecule has 2 bridgehead atoms. The summed E-state index contributed by atoms with van der Waals surface area (Å²) in [6.07, 6.45) is 10.2. The van der Waals surface area contributed by atoms with Gasteiger partial charge in [0.1, 0.15) is 5.75 Å². The van der Waals surface area contributed by atoms with E-state index in [1.165, 1.54) is 45.2 Å². The van der Waals surface area contributed by atoms with E-state index in [2.05, 4.69) is 21.2 Å². The standard InChI is InChI=1S/C24H31N3O2S/c1-29-21-10-3-2-8-19(21)23(28)25-24(30)27-12-6-7-16-13-17-14-18(22(16)27)15-26-11-5-4-9-20(17)26/h2-3,8,10,13,17-18,20,22H,4-7,9,11-12,14-15H2,1H3,(H,25,28,30)/t17-,18+,20+,22-/m0/s1. The summed E-state index contributed by atoms with van der Waals surface area (Å²) in [5.41, 5.74) is 2.08. The number of fused-ring (bicyclic) bond motifs is 6. The fourth-order valence-corrected chi connectivity index (χ4v) is 6.57. The number of ether oxygens (including phenoxy) is 1. The number of carbonyl (C=O) groups is 1. The SMILES string of the molecule is COc1ccccc1C(=O)NC(=S)N1CCCC2=C[C@H]3C[C@H](CN4CCCC[C@H]34)[C@H]21. The molecular weight excluding hydrogens is 394 g/mol. The lowest BCUT2D eigenvalue weighted by atomic mass is 9.68. The number of nitrogens with one attached hydrogen (secondary N) is 1. The minimum atomic E-state index is -0.193. The molecule has 1 amide bonds. The molecule has 0 unspecified atom stereocenters. The number of benzene rings is 1. The van der Waals surface area contributed by atoms with E-state index in [0.29, 0.717) is 34.3 Å². The number of carbonyl (C=O) groups excluding carboxylic acids is 1. The van der Waals surface area contributed by atoms with Crippen molar-refractivity contribution in [1.29, 1.82) is 0 Å². The zero-order chi connectivity index (χ0) is 20.7. The number of likely N-dealkylation sites (tertiary alicyclic amines) is 1. The summed E-state index contributed by atoms with van der Waals surface area (Å²) in [4.78, 5) is 17.9. The number of hydrogen-bond donors (Lipinski definition) is 1. The lowest BCUT2D eigenvalue weighted by Gasteiger charge is -2.55. The Morgan fingerprint density at radius 2 is 2.07 bits per heavy atom. The van der Waals surface area contributed by atoms with Crippen LogP contribution in [0.5, 0.6) is 5.75 Å². The van der Waals surface area contributed by atoms with E-state index in [1.807, 2.05) is 12.1 Å². The van der Waals surface area contributed by atoms with Crippen LogP contribution in [0.15, 0.2) is 35.9 Å². The smallest absolute Gasteiger partial charge is 0.261 e. The molecule has 3 fully saturated rings. The molecule has 30 heavy (non-hydrogen) atoms. The fraction of sp³-hybridized carbons (Fsp3) is 0.583. The van der Waals surface area contributed by atoms with Gasteiger partial charge in [0, 0.05) is 19.1 Å². The first-order chi connectivity index (χ1) is 14.7. The topological polar surface area (TPSA) is 44.8 Å². The van der Waals surface area contributed by atoms with E-state index in [4.69, 9.17) is 17.0 Å². The molecule has 3 heterocycles. The van der Waals surface area contributed by atoms with Gasteiger partial charge in [-0.2, -0.15) is 0 Å². The van der Waals surface area contributed by atoms with Crippen molar-refractivity contribution < 1.29 is 9.53 Å². The minimum Gasteiger partial charge on any atom is -0.496 e. The highest BCUT2D eigenvalue weighted by atomic mass is 32.1. The van der Waals surface area contributed by atoms with Crippen LogP contribution in [0.2, 0.25) is 0 Å². The first kappa shape index (κ1) is 20.0. The first-order valence-electron chi connectivity index (χ1n) is 11.4. The molecule has 4 aliphatic rings. The monoisotopic (exact) mass is 425 g/mol. The van der Waals surface area contributed by atoms with Crippen LogP contribution in [0.25, 0.3) is 0 Å². The molecule has 0 saturated carbocycles. The average Bonchev–Trinajstić information content (AvgIpc) is 2.78. The van der Waals surface area contributed by atoms with Crippen molar-refractivity contribution in [3.63, 3.8) is 0 Å². The van der Waals surface area contributed by atoms with Crippen molar-refractivity contribution in [2.24, 2.45) is 11.8 Å². The van der Waals surface area contributed by atoms with Crippen molar-refractivity contribution in [2.75, 3.05) is 26.7 Å². The van der Waals surface area contributed by atoms with E-state index in [1.54, 1.807) is 24.8 Å².